The average Bonchev–Trinajstić information content (AvgIpc) is 3.58. The number of hydrogen-bond acceptors (Lipinski definition) is 6. The normalized spacial score (nSPS) is 19.6. The second kappa shape index (κ2) is 16.1. The zero-order chi connectivity index (χ0) is 31.5. The van der Waals surface area contributed by atoms with E-state index >= 15 is 0 Å². The van der Waals surface area contributed by atoms with Gasteiger partial charge in [0.2, 0.25) is 0 Å². The lowest BCUT2D eigenvalue weighted by Gasteiger charge is -2.43. The molecule has 8 nitrogen and oxygen atoms in total. The van der Waals surface area contributed by atoms with Gasteiger partial charge in [0.1, 0.15) is 23.5 Å². The summed E-state index contributed by atoms with van der Waals surface area (Å²) in [5, 5.41) is 6.60. The molecule has 2 atom stereocenters. The number of benzene rings is 3. The Hall–Kier alpha value is -3.44. The first kappa shape index (κ1) is 36.4. The summed E-state index contributed by atoms with van der Waals surface area (Å²) in [6.45, 7) is 9.88. The highest BCUT2D eigenvalue weighted by Gasteiger charge is 2.35. The topological polar surface area (TPSA) is 77.2 Å². The van der Waals surface area contributed by atoms with Gasteiger partial charge in [-0.05, 0) is 73.0 Å². The highest BCUT2D eigenvalue weighted by atomic mass is 35.5. The van der Waals surface area contributed by atoms with Crippen molar-refractivity contribution >= 4 is 42.3 Å². The van der Waals surface area contributed by atoms with Crippen LogP contribution in [0, 0.1) is 17.6 Å². The molecular formula is C35H43Cl2F2N5O3. The minimum absolute atomic E-state index is 0. The number of nitrogens with one attached hydrogen (secondary N) is 2. The second-order valence-electron chi connectivity index (χ2n) is 12.4. The number of rotatable bonds is 7. The zero-order valence-electron chi connectivity index (χ0n) is 26.7. The van der Waals surface area contributed by atoms with E-state index in [4.69, 9.17) is 4.74 Å². The van der Waals surface area contributed by atoms with Gasteiger partial charge in [-0.15, -0.1) is 24.8 Å². The molecule has 254 valence electrons. The van der Waals surface area contributed by atoms with Gasteiger partial charge in [0.05, 0.1) is 6.04 Å². The first-order valence-corrected chi connectivity index (χ1v) is 15.9. The van der Waals surface area contributed by atoms with Crippen molar-refractivity contribution in [2.75, 3.05) is 63.8 Å². The predicted molar refractivity (Wildman–Crippen MR) is 185 cm³/mol. The van der Waals surface area contributed by atoms with Crippen LogP contribution in [-0.4, -0.2) is 92.7 Å². The Kier molecular flexibility index (Phi) is 12.5. The Morgan fingerprint density at radius 2 is 1.55 bits per heavy atom. The molecular weight excluding hydrogens is 647 g/mol. The molecule has 0 bridgehead atoms. The fraction of sp³-hybridized carbons (Fsp3) is 0.429. The standard InChI is InChI=1S/C35H41F2N5O3.2ClH/c1-23(2)32-22-41(34(43)26-17-28(37)20-29(18-26)40-13-11-38-12-14-40)15-16-42(32)35(44)25-5-8-33(45-30-9-10-39-21-30)31(19-25)24-3-6-27(36)7-4-24;;/h3-8,17-20,23,30,32,38-39H,9-16,21-22H2,1-2H3;2*1H/t30-,32+;;/m0../s1. The quantitative estimate of drug-likeness (QED) is 0.353. The summed E-state index contributed by atoms with van der Waals surface area (Å²) in [7, 11) is 0. The molecule has 0 spiro atoms. The third-order valence-electron chi connectivity index (χ3n) is 9.04. The number of piperazine rings is 2. The van der Waals surface area contributed by atoms with Gasteiger partial charge in [-0.3, -0.25) is 9.59 Å². The summed E-state index contributed by atoms with van der Waals surface area (Å²) in [5.41, 5.74) is 3.03. The lowest BCUT2D eigenvalue weighted by Crippen LogP contribution is -2.58. The average molecular weight is 691 g/mol. The van der Waals surface area contributed by atoms with Crippen LogP contribution in [0.1, 0.15) is 41.0 Å². The summed E-state index contributed by atoms with van der Waals surface area (Å²) < 4.78 is 34.8. The molecule has 3 aliphatic heterocycles. The summed E-state index contributed by atoms with van der Waals surface area (Å²) in [4.78, 5) is 33.4. The van der Waals surface area contributed by atoms with Crippen molar-refractivity contribution in [2.45, 2.75) is 32.4 Å². The fourth-order valence-corrected chi connectivity index (χ4v) is 6.50. The van der Waals surface area contributed by atoms with Crippen molar-refractivity contribution in [3.63, 3.8) is 0 Å². The number of carbonyl (C=O) groups is 2. The maximum atomic E-state index is 14.7. The molecule has 3 fully saturated rings. The molecule has 3 saturated heterocycles. The van der Waals surface area contributed by atoms with Gasteiger partial charge >= 0.3 is 0 Å². The highest BCUT2D eigenvalue weighted by molar-refractivity contribution is 5.98. The monoisotopic (exact) mass is 689 g/mol. The predicted octanol–water partition coefficient (Wildman–Crippen LogP) is 5.25. The van der Waals surface area contributed by atoms with E-state index in [1.54, 1.807) is 29.2 Å². The Morgan fingerprint density at radius 1 is 0.809 bits per heavy atom. The van der Waals surface area contributed by atoms with Crippen molar-refractivity contribution in [3.8, 4) is 16.9 Å². The molecule has 2 N–H and O–H groups in total. The van der Waals surface area contributed by atoms with Crippen molar-refractivity contribution in [1.82, 2.24) is 20.4 Å². The second-order valence-corrected chi connectivity index (χ2v) is 12.4. The van der Waals surface area contributed by atoms with Crippen LogP contribution >= 0.6 is 24.8 Å². The van der Waals surface area contributed by atoms with E-state index in [-0.39, 0.29) is 60.5 Å². The van der Waals surface area contributed by atoms with Gasteiger partial charge < -0.3 is 30.1 Å². The van der Waals surface area contributed by atoms with Crippen LogP contribution in [0.5, 0.6) is 5.75 Å². The van der Waals surface area contributed by atoms with Gasteiger partial charge in [0.15, 0.2) is 0 Å². The van der Waals surface area contributed by atoms with Crippen LogP contribution in [0.4, 0.5) is 14.5 Å². The van der Waals surface area contributed by atoms with E-state index < -0.39 is 5.82 Å². The number of halogens is 4. The summed E-state index contributed by atoms with van der Waals surface area (Å²) >= 11 is 0. The SMILES string of the molecule is CC(C)[C@H]1CN(C(=O)c2cc(F)cc(N3CCNCC3)c2)CCN1C(=O)c1ccc(O[C@H]2CCNC2)c(-c2ccc(F)cc2)c1.Cl.Cl. The molecule has 3 aromatic rings. The van der Waals surface area contributed by atoms with Crippen molar-refractivity contribution < 1.29 is 23.1 Å². The molecule has 0 saturated carbocycles. The van der Waals surface area contributed by atoms with Gasteiger partial charge in [0.25, 0.3) is 11.8 Å². The summed E-state index contributed by atoms with van der Waals surface area (Å²) in [6, 6.07) is 16.0. The maximum absolute atomic E-state index is 14.7. The number of carbonyl (C=O) groups excluding carboxylic acids is 2. The minimum Gasteiger partial charge on any atom is -0.488 e. The minimum atomic E-state index is -0.433. The van der Waals surface area contributed by atoms with E-state index in [2.05, 4.69) is 15.5 Å². The van der Waals surface area contributed by atoms with Crippen LogP contribution < -0.4 is 20.3 Å². The lowest BCUT2D eigenvalue weighted by atomic mass is 9.96. The van der Waals surface area contributed by atoms with Crippen LogP contribution in [0.3, 0.4) is 0 Å². The molecule has 3 aliphatic rings. The van der Waals surface area contributed by atoms with Crippen LogP contribution in [0.15, 0.2) is 60.7 Å². The van der Waals surface area contributed by atoms with Crippen molar-refractivity contribution in [2.24, 2.45) is 5.92 Å². The van der Waals surface area contributed by atoms with Crippen LogP contribution in [-0.2, 0) is 0 Å². The smallest absolute Gasteiger partial charge is 0.254 e. The molecule has 47 heavy (non-hydrogen) atoms. The number of nitrogens with zero attached hydrogens (tertiary/aromatic N) is 3. The third-order valence-corrected chi connectivity index (χ3v) is 9.04. The number of ether oxygens (including phenoxy) is 1. The van der Waals surface area contributed by atoms with Gasteiger partial charge in [-0.2, -0.15) is 0 Å². The van der Waals surface area contributed by atoms with E-state index in [1.807, 2.05) is 30.9 Å². The molecule has 6 rings (SSSR count). The molecule has 3 heterocycles. The van der Waals surface area contributed by atoms with Gasteiger partial charge in [-0.25, -0.2) is 8.78 Å². The van der Waals surface area contributed by atoms with Gasteiger partial charge in [0, 0.05) is 74.7 Å². The van der Waals surface area contributed by atoms with Crippen LogP contribution in [0.2, 0.25) is 0 Å². The maximum Gasteiger partial charge on any atom is 0.254 e. The molecule has 0 radical (unpaired) electrons. The number of hydrogen-bond donors (Lipinski definition) is 2. The Morgan fingerprint density at radius 3 is 2.23 bits per heavy atom. The highest BCUT2D eigenvalue weighted by Crippen LogP contribution is 2.34. The lowest BCUT2D eigenvalue weighted by molar-refractivity contribution is 0.0303. The van der Waals surface area contributed by atoms with Gasteiger partial charge in [-0.1, -0.05) is 26.0 Å². The molecule has 0 aromatic heterocycles. The first-order chi connectivity index (χ1) is 21.8. The fourth-order valence-electron chi connectivity index (χ4n) is 6.50. The van der Waals surface area contributed by atoms with E-state index in [1.165, 1.54) is 24.3 Å². The Labute approximate surface area is 287 Å². The van der Waals surface area contributed by atoms with Crippen molar-refractivity contribution in [3.05, 3.63) is 83.4 Å². The van der Waals surface area contributed by atoms with Crippen LogP contribution in [0.25, 0.3) is 11.1 Å². The van der Waals surface area contributed by atoms with Crippen molar-refractivity contribution in [1.29, 1.82) is 0 Å². The molecule has 2 amide bonds. The number of amides is 2. The summed E-state index contributed by atoms with van der Waals surface area (Å²) in [6.07, 6.45) is 0.905. The van der Waals surface area contributed by atoms with E-state index in [9.17, 15) is 18.4 Å². The first-order valence-electron chi connectivity index (χ1n) is 15.9. The molecule has 12 heteroatoms. The Balaban J connectivity index is 0.00000250. The third kappa shape index (κ3) is 8.35. The number of anilines is 1. The molecule has 0 unspecified atom stereocenters. The van der Waals surface area contributed by atoms with E-state index in [0.29, 0.717) is 42.2 Å². The summed E-state index contributed by atoms with van der Waals surface area (Å²) in [5.74, 6) is -0.410. The largest absolute Gasteiger partial charge is 0.488 e. The molecule has 3 aromatic carbocycles. The Bertz CT molecular complexity index is 1530. The van der Waals surface area contributed by atoms with E-state index in [0.717, 1.165) is 56.8 Å². The zero-order valence-corrected chi connectivity index (χ0v) is 28.3. The molecule has 0 aliphatic carbocycles.